The molecule has 0 radical (unpaired) electrons. The van der Waals surface area contributed by atoms with E-state index in [0.29, 0.717) is 22.9 Å². The molecule has 2 heterocycles. The van der Waals surface area contributed by atoms with Gasteiger partial charge in [-0.2, -0.15) is 0 Å². The molecule has 2 N–H and O–H groups in total. The summed E-state index contributed by atoms with van der Waals surface area (Å²) >= 11 is 0. The second-order valence-corrected chi connectivity index (χ2v) is 7.39. The molecule has 29 heavy (non-hydrogen) atoms. The number of hydrogen-bond acceptors (Lipinski definition) is 5. The van der Waals surface area contributed by atoms with Crippen LogP contribution in [0.3, 0.4) is 0 Å². The summed E-state index contributed by atoms with van der Waals surface area (Å²) < 4.78 is 4.81. The highest BCUT2D eigenvalue weighted by Crippen LogP contribution is 2.39. The number of nitrogens with zero attached hydrogens (tertiary/aromatic N) is 1. The van der Waals surface area contributed by atoms with Crippen LogP contribution in [-0.2, 0) is 9.53 Å². The van der Waals surface area contributed by atoms with Gasteiger partial charge in [-0.3, -0.25) is 4.79 Å². The zero-order valence-electron chi connectivity index (χ0n) is 16.7. The Balaban J connectivity index is 1.85. The van der Waals surface area contributed by atoms with E-state index in [-0.39, 0.29) is 5.91 Å². The van der Waals surface area contributed by atoms with Crippen LogP contribution in [0.15, 0.2) is 48.5 Å². The lowest BCUT2D eigenvalue weighted by Gasteiger charge is -2.36. The maximum Gasteiger partial charge on any atom is 0.337 e. The van der Waals surface area contributed by atoms with Crippen molar-refractivity contribution < 1.29 is 14.3 Å². The average molecular weight is 391 g/mol. The molecule has 2 aliphatic rings. The molecular formula is C23H25N3O3. The van der Waals surface area contributed by atoms with Gasteiger partial charge in [0.15, 0.2) is 0 Å². The Morgan fingerprint density at radius 1 is 1.07 bits per heavy atom. The number of rotatable bonds is 4. The molecule has 1 saturated heterocycles. The van der Waals surface area contributed by atoms with Gasteiger partial charge >= 0.3 is 5.97 Å². The van der Waals surface area contributed by atoms with E-state index in [0.717, 1.165) is 42.8 Å². The van der Waals surface area contributed by atoms with Crippen molar-refractivity contribution in [3.05, 3.63) is 65.2 Å². The number of ether oxygens (including phenoxy) is 1. The standard InChI is InChI=1S/C23H25N3O3/c1-26(17-10-12-24-13-11-17)21(15-6-4-3-5-7-15)20-18-9-8-16(23(28)29-2)14-19(18)25-22(20)27/h3-9,14,17,24H,10-13H2,1-2H3,(H,25,27)/b21-20-. The van der Waals surface area contributed by atoms with Gasteiger partial charge in [0.2, 0.25) is 0 Å². The van der Waals surface area contributed by atoms with E-state index >= 15 is 0 Å². The number of amides is 1. The van der Waals surface area contributed by atoms with Gasteiger partial charge in [-0.05, 0) is 43.6 Å². The van der Waals surface area contributed by atoms with E-state index in [1.807, 2.05) is 36.4 Å². The Bertz CT molecular complexity index is 963. The summed E-state index contributed by atoms with van der Waals surface area (Å²) in [5.74, 6) is -0.573. The molecule has 0 spiro atoms. The van der Waals surface area contributed by atoms with Crippen LogP contribution in [0.25, 0.3) is 11.3 Å². The highest BCUT2D eigenvalue weighted by molar-refractivity contribution is 6.36. The smallest absolute Gasteiger partial charge is 0.337 e. The number of carbonyl (C=O) groups is 2. The summed E-state index contributed by atoms with van der Waals surface area (Å²) in [6.45, 7) is 1.94. The van der Waals surface area contributed by atoms with Crippen LogP contribution >= 0.6 is 0 Å². The van der Waals surface area contributed by atoms with E-state index in [2.05, 4.69) is 22.6 Å². The summed E-state index contributed by atoms with van der Waals surface area (Å²) in [5, 5.41) is 6.33. The molecule has 1 amide bonds. The normalized spacial score (nSPS) is 18.1. The van der Waals surface area contributed by atoms with Crippen molar-refractivity contribution in [2.45, 2.75) is 18.9 Å². The fourth-order valence-electron chi connectivity index (χ4n) is 4.15. The molecule has 0 aromatic heterocycles. The molecule has 0 aliphatic carbocycles. The first-order chi connectivity index (χ1) is 14.1. The zero-order valence-corrected chi connectivity index (χ0v) is 16.7. The molecule has 0 unspecified atom stereocenters. The minimum atomic E-state index is -0.422. The third kappa shape index (κ3) is 3.63. The van der Waals surface area contributed by atoms with Gasteiger partial charge in [0.25, 0.3) is 5.91 Å². The molecule has 0 saturated carbocycles. The summed E-state index contributed by atoms with van der Waals surface area (Å²) in [7, 11) is 3.42. The summed E-state index contributed by atoms with van der Waals surface area (Å²) in [4.78, 5) is 27.2. The van der Waals surface area contributed by atoms with E-state index < -0.39 is 5.97 Å². The van der Waals surface area contributed by atoms with E-state index in [9.17, 15) is 9.59 Å². The third-order valence-corrected chi connectivity index (χ3v) is 5.68. The van der Waals surface area contributed by atoms with Gasteiger partial charge in [0, 0.05) is 18.7 Å². The van der Waals surface area contributed by atoms with E-state index in [1.54, 1.807) is 12.1 Å². The lowest BCUT2D eigenvalue weighted by Crippen LogP contribution is -2.40. The number of esters is 1. The van der Waals surface area contributed by atoms with Crippen molar-refractivity contribution >= 4 is 28.8 Å². The number of fused-ring (bicyclic) bond motifs is 1. The Labute approximate surface area is 170 Å². The Kier molecular flexibility index (Phi) is 5.36. The van der Waals surface area contributed by atoms with Gasteiger partial charge in [-0.15, -0.1) is 0 Å². The minimum Gasteiger partial charge on any atom is -0.465 e. The van der Waals surface area contributed by atoms with Gasteiger partial charge in [0.05, 0.1) is 29.6 Å². The second kappa shape index (κ2) is 8.09. The summed E-state index contributed by atoms with van der Waals surface area (Å²) in [6.07, 6.45) is 2.05. The average Bonchev–Trinajstić information content (AvgIpc) is 3.09. The molecule has 2 aromatic carbocycles. The highest BCUT2D eigenvalue weighted by atomic mass is 16.5. The fourth-order valence-corrected chi connectivity index (χ4v) is 4.15. The monoisotopic (exact) mass is 391 g/mol. The molecule has 0 atom stereocenters. The molecular weight excluding hydrogens is 366 g/mol. The number of carbonyl (C=O) groups excluding carboxylic acids is 2. The van der Waals surface area contributed by atoms with Crippen molar-refractivity contribution in [2.75, 3.05) is 32.6 Å². The van der Waals surface area contributed by atoms with Crippen LogP contribution in [0.5, 0.6) is 0 Å². The largest absolute Gasteiger partial charge is 0.465 e. The van der Waals surface area contributed by atoms with Crippen LogP contribution in [0.2, 0.25) is 0 Å². The van der Waals surface area contributed by atoms with Crippen molar-refractivity contribution in [1.82, 2.24) is 10.2 Å². The molecule has 1 fully saturated rings. The Morgan fingerprint density at radius 2 is 1.79 bits per heavy atom. The molecule has 2 aliphatic heterocycles. The van der Waals surface area contributed by atoms with Crippen molar-refractivity contribution in [3.63, 3.8) is 0 Å². The predicted octanol–water partition coefficient (Wildman–Crippen LogP) is 2.98. The number of piperidine rings is 1. The number of hydrogen-bond donors (Lipinski definition) is 2. The van der Waals surface area contributed by atoms with Crippen LogP contribution in [0, 0.1) is 0 Å². The molecule has 2 aromatic rings. The quantitative estimate of drug-likeness (QED) is 0.619. The van der Waals surface area contributed by atoms with Crippen molar-refractivity contribution in [1.29, 1.82) is 0 Å². The second-order valence-electron chi connectivity index (χ2n) is 7.39. The lowest BCUT2D eigenvalue weighted by atomic mass is 9.96. The minimum absolute atomic E-state index is 0.151. The van der Waals surface area contributed by atoms with Gasteiger partial charge in [-0.1, -0.05) is 36.4 Å². The van der Waals surface area contributed by atoms with Crippen molar-refractivity contribution in [3.8, 4) is 0 Å². The van der Waals surface area contributed by atoms with Gasteiger partial charge in [-0.25, -0.2) is 4.79 Å². The topological polar surface area (TPSA) is 70.7 Å². The maximum absolute atomic E-state index is 13.1. The zero-order chi connectivity index (χ0) is 20.4. The predicted molar refractivity (Wildman–Crippen MR) is 113 cm³/mol. The van der Waals surface area contributed by atoms with Crippen LogP contribution < -0.4 is 10.6 Å². The molecule has 150 valence electrons. The molecule has 6 heteroatoms. The SMILES string of the molecule is COC(=O)c1ccc2c(c1)NC(=O)/C2=C(/c1ccccc1)N(C)C1CCNCC1. The first-order valence-corrected chi connectivity index (χ1v) is 9.87. The third-order valence-electron chi connectivity index (χ3n) is 5.68. The van der Waals surface area contributed by atoms with E-state index in [4.69, 9.17) is 4.74 Å². The Morgan fingerprint density at radius 3 is 2.48 bits per heavy atom. The van der Waals surface area contributed by atoms with Gasteiger partial charge < -0.3 is 20.3 Å². The highest BCUT2D eigenvalue weighted by Gasteiger charge is 2.32. The fraction of sp³-hybridized carbons (Fsp3) is 0.304. The van der Waals surface area contributed by atoms with Crippen molar-refractivity contribution in [2.24, 2.45) is 0 Å². The maximum atomic E-state index is 13.1. The summed E-state index contributed by atoms with van der Waals surface area (Å²) in [5.41, 5.74) is 4.43. The molecule has 0 bridgehead atoms. The van der Waals surface area contributed by atoms with E-state index in [1.165, 1.54) is 7.11 Å². The lowest BCUT2D eigenvalue weighted by molar-refractivity contribution is -0.110. The van der Waals surface area contributed by atoms with Crippen LogP contribution in [-0.4, -0.2) is 50.1 Å². The Hall–Kier alpha value is -3.12. The first-order valence-electron chi connectivity index (χ1n) is 9.87. The number of anilines is 1. The molecule has 6 nitrogen and oxygen atoms in total. The van der Waals surface area contributed by atoms with Gasteiger partial charge in [0.1, 0.15) is 0 Å². The number of benzene rings is 2. The summed E-state index contributed by atoms with van der Waals surface area (Å²) in [6, 6.07) is 15.6. The van der Waals surface area contributed by atoms with Crippen LogP contribution in [0.1, 0.15) is 34.3 Å². The number of nitrogens with one attached hydrogen (secondary N) is 2. The first kappa shape index (κ1) is 19.2. The molecule has 4 rings (SSSR count). The number of methoxy groups -OCH3 is 1. The van der Waals surface area contributed by atoms with Crippen LogP contribution in [0.4, 0.5) is 5.69 Å².